The number of alkyl halides is 3. The summed E-state index contributed by atoms with van der Waals surface area (Å²) < 4.78 is 68.8. The Bertz CT molecular complexity index is 1330. The van der Waals surface area contributed by atoms with Crippen molar-refractivity contribution in [1.82, 2.24) is 19.5 Å². The first-order valence-electron chi connectivity index (χ1n) is 11.1. The van der Waals surface area contributed by atoms with E-state index in [1.165, 1.54) is 12.4 Å². The van der Waals surface area contributed by atoms with Crippen molar-refractivity contribution in [3.05, 3.63) is 71.7 Å². The molecule has 0 bridgehead atoms. The van der Waals surface area contributed by atoms with Gasteiger partial charge >= 0.3 is 6.18 Å². The zero-order valence-corrected chi connectivity index (χ0v) is 19.4. The van der Waals surface area contributed by atoms with Crippen LogP contribution in [0.2, 0.25) is 0 Å². The molecule has 3 N–H and O–H groups in total. The Morgan fingerprint density at radius 1 is 1.19 bits per heavy atom. The number of aliphatic imine (C=N–C) groups is 1. The van der Waals surface area contributed by atoms with E-state index in [0.29, 0.717) is 31.8 Å². The highest BCUT2D eigenvalue weighted by Crippen LogP contribution is 2.35. The topological polar surface area (TPSA) is 83.8 Å². The van der Waals surface area contributed by atoms with Gasteiger partial charge in [-0.2, -0.15) is 18.2 Å². The molecule has 12 heteroatoms. The lowest BCUT2D eigenvalue weighted by Crippen LogP contribution is -2.38. The molecule has 0 saturated carbocycles. The second-order valence-electron chi connectivity index (χ2n) is 8.51. The number of nitrogens with one attached hydrogen (secondary N) is 1. The van der Waals surface area contributed by atoms with Gasteiger partial charge in [-0.05, 0) is 49.6 Å². The fourth-order valence-corrected chi connectivity index (χ4v) is 4.02. The van der Waals surface area contributed by atoms with Crippen LogP contribution < -0.4 is 11.1 Å². The summed E-state index contributed by atoms with van der Waals surface area (Å²) in [4.78, 5) is 10.6. The molecular formula is C24H24F5N7. The van der Waals surface area contributed by atoms with E-state index >= 15 is 0 Å². The lowest BCUT2D eigenvalue weighted by atomic mass is 10.0. The standard InChI is InChI=1S/C24H24F5N7/c1-14(2)9-21(31-13-30)35-7-5-17(6-8-35)32-23-33-22-18(15-3-4-19(25)20(26)10-15)11-16(24(27,28)29)12-36(22)34-23/h3-4,9-13,17H,1,5-8H2,2H3,(H2,30,31)(H,32,34)/b21-9+. The Kier molecular flexibility index (Phi) is 6.95. The second-order valence-corrected chi connectivity index (χ2v) is 8.51. The maximum atomic E-state index is 13.8. The van der Waals surface area contributed by atoms with Gasteiger partial charge in [-0.25, -0.2) is 18.3 Å². The molecule has 4 rings (SSSR count). The predicted octanol–water partition coefficient (Wildman–Crippen LogP) is 4.97. The van der Waals surface area contributed by atoms with Crippen LogP contribution in [0.3, 0.4) is 0 Å². The Morgan fingerprint density at radius 3 is 2.53 bits per heavy atom. The van der Waals surface area contributed by atoms with Crippen LogP contribution in [-0.4, -0.2) is 45.0 Å². The van der Waals surface area contributed by atoms with E-state index in [9.17, 15) is 22.0 Å². The molecule has 1 aliphatic rings. The highest BCUT2D eigenvalue weighted by Gasteiger charge is 2.33. The SMILES string of the molecule is C=C(C)/C=C(\N=C/N)N1CCC(Nc2nc3c(-c4ccc(F)c(F)c4)cc(C(F)(F)F)cn3n2)CC1. The van der Waals surface area contributed by atoms with Crippen molar-refractivity contribution in [3.8, 4) is 11.1 Å². The zero-order chi connectivity index (χ0) is 26.0. The van der Waals surface area contributed by atoms with Crippen molar-refractivity contribution in [1.29, 1.82) is 0 Å². The van der Waals surface area contributed by atoms with Gasteiger partial charge in [0, 0.05) is 30.9 Å². The molecule has 3 aromatic rings. The number of aromatic nitrogens is 3. The quantitative estimate of drug-likeness (QED) is 0.214. The summed E-state index contributed by atoms with van der Waals surface area (Å²) in [7, 11) is 0. The first kappa shape index (κ1) is 25.1. The second kappa shape index (κ2) is 9.96. The number of hydrogen-bond donors (Lipinski definition) is 2. The van der Waals surface area contributed by atoms with E-state index in [1.54, 1.807) is 0 Å². The molecule has 0 amide bonds. The molecule has 1 saturated heterocycles. The summed E-state index contributed by atoms with van der Waals surface area (Å²) in [5, 5.41) is 7.35. The van der Waals surface area contributed by atoms with Crippen LogP contribution in [0.15, 0.2) is 59.5 Å². The third-order valence-corrected chi connectivity index (χ3v) is 5.73. The lowest BCUT2D eigenvalue weighted by molar-refractivity contribution is -0.137. The molecule has 0 aliphatic carbocycles. The first-order chi connectivity index (χ1) is 17.0. The van der Waals surface area contributed by atoms with Gasteiger partial charge in [-0.3, -0.25) is 0 Å². The smallest absolute Gasteiger partial charge is 0.390 e. The minimum Gasteiger partial charge on any atom is -0.390 e. The van der Waals surface area contributed by atoms with E-state index in [0.717, 1.165) is 34.5 Å². The number of anilines is 1. The van der Waals surface area contributed by atoms with Crippen molar-refractivity contribution in [2.75, 3.05) is 18.4 Å². The van der Waals surface area contributed by atoms with Crippen molar-refractivity contribution >= 4 is 17.9 Å². The summed E-state index contributed by atoms with van der Waals surface area (Å²) in [6.07, 6.45) is 0.576. The van der Waals surface area contributed by atoms with Crippen LogP contribution >= 0.6 is 0 Å². The molecule has 7 nitrogen and oxygen atoms in total. The van der Waals surface area contributed by atoms with Gasteiger partial charge in [0.15, 0.2) is 17.3 Å². The normalized spacial score (nSPS) is 15.7. The number of fused-ring (bicyclic) bond motifs is 1. The Balaban J connectivity index is 1.60. The first-order valence-corrected chi connectivity index (χ1v) is 11.1. The average Bonchev–Trinajstić information content (AvgIpc) is 3.22. The fourth-order valence-electron chi connectivity index (χ4n) is 4.02. The number of piperidine rings is 1. The maximum absolute atomic E-state index is 13.8. The molecule has 1 aliphatic heterocycles. The van der Waals surface area contributed by atoms with Crippen LogP contribution in [-0.2, 0) is 6.18 Å². The molecule has 1 aromatic carbocycles. The van der Waals surface area contributed by atoms with Crippen molar-refractivity contribution < 1.29 is 22.0 Å². The summed E-state index contributed by atoms with van der Waals surface area (Å²) in [5.74, 6) is -1.44. The van der Waals surface area contributed by atoms with E-state index in [2.05, 4.69) is 31.9 Å². The van der Waals surface area contributed by atoms with Gasteiger partial charge < -0.3 is 16.0 Å². The molecule has 3 heterocycles. The highest BCUT2D eigenvalue weighted by molar-refractivity contribution is 5.78. The van der Waals surface area contributed by atoms with Gasteiger partial charge in [0.05, 0.1) is 11.9 Å². The molecule has 0 spiro atoms. The molecule has 0 unspecified atom stereocenters. The number of pyridine rings is 1. The van der Waals surface area contributed by atoms with Crippen LogP contribution in [0.25, 0.3) is 16.8 Å². The summed E-state index contributed by atoms with van der Waals surface area (Å²) in [5.41, 5.74) is 5.41. The lowest BCUT2D eigenvalue weighted by Gasteiger charge is -2.33. The number of hydrogen-bond acceptors (Lipinski definition) is 5. The third-order valence-electron chi connectivity index (χ3n) is 5.73. The minimum atomic E-state index is -4.67. The number of rotatable bonds is 6. The van der Waals surface area contributed by atoms with Crippen molar-refractivity contribution in [2.45, 2.75) is 32.0 Å². The monoisotopic (exact) mass is 505 g/mol. The number of nitrogens with two attached hydrogens (primary N) is 1. The summed E-state index contributed by atoms with van der Waals surface area (Å²) in [6, 6.07) is 3.70. The van der Waals surface area contributed by atoms with Crippen LogP contribution in [0.1, 0.15) is 25.3 Å². The number of benzene rings is 1. The third kappa shape index (κ3) is 5.47. The Hall–Kier alpha value is -3.96. The molecular weight excluding hydrogens is 481 g/mol. The maximum Gasteiger partial charge on any atom is 0.417 e. The summed E-state index contributed by atoms with van der Waals surface area (Å²) in [6.45, 7) is 7.02. The molecule has 2 aromatic heterocycles. The molecule has 36 heavy (non-hydrogen) atoms. The van der Waals surface area contributed by atoms with E-state index < -0.39 is 23.4 Å². The largest absolute Gasteiger partial charge is 0.417 e. The van der Waals surface area contributed by atoms with Crippen LogP contribution in [0, 0.1) is 11.6 Å². The van der Waals surface area contributed by atoms with Crippen molar-refractivity contribution in [2.24, 2.45) is 10.7 Å². The van der Waals surface area contributed by atoms with Gasteiger partial charge in [0.25, 0.3) is 0 Å². The van der Waals surface area contributed by atoms with E-state index in [-0.39, 0.29) is 28.8 Å². The van der Waals surface area contributed by atoms with E-state index in [1.807, 2.05) is 13.0 Å². The number of likely N-dealkylation sites (tertiary alicyclic amines) is 1. The summed E-state index contributed by atoms with van der Waals surface area (Å²) >= 11 is 0. The van der Waals surface area contributed by atoms with Gasteiger partial charge in [0.2, 0.25) is 5.95 Å². The fraction of sp³-hybridized carbons (Fsp3) is 0.292. The van der Waals surface area contributed by atoms with Gasteiger partial charge in [-0.1, -0.05) is 18.2 Å². The number of halogens is 5. The highest BCUT2D eigenvalue weighted by atomic mass is 19.4. The Labute approximate surface area is 203 Å². The van der Waals surface area contributed by atoms with Gasteiger partial charge in [-0.15, -0.1) is 5.10 Å². The van der Waals surface area contributed by atoms with Crippen LogP contribution in [0.4, 0.5) is 27.9 Å². The molecule has 1 fully saturated rings. The number of nitrogens with zero attached hydrogens (tertiary/aromatic N) is 5. The molecule has 0 radical (unpaired) electrons. The van der Waals surface area contributed by atoms with Crippen LogP contribution in [0.5, 0.6) is 0 Å². The van der Waals surface area contributed by atoms with E-state index in [4.69, 9.17) is 5.73 Å². The van der Waals surface area contributed by atoms with Crippen molar-refractivity contribution in [3.63, 3.8) is 0 Å². The van der Waals surface area contributed by atoms with Gasteiger partial charge in [0.1, 0.15) is 5.82 Å². The predicted molar refractivity (Wildman–Crippen MR) is 127 cm³/mol. The zero-order valence-electron chi connectivity index (χ0n) is 19.4. The average molecular weight is 505 g/mol. The Morgan fingerprint density at radius 2 is 1.92 bits per heavy atom. The molecule has 190 valence electrons. The minimum absolute atomic E-state index is 0.0201. The molecule has 0 atom stereocenters. The number of allylic oxidation sites excluding steroid dienone is 2.